The monoisotopic (exact) mass is 316 g/mol. The van der Waals surface area contributed by atoms with Crippen molar-refractivity contribution in [1.82, 2.24) is 5.32 Å². The molecule has 0 atom stereocenters. The maximum Gasteiger partial charge on any atom is 0.338 e. The third-order valence-electron chi connectivity index (χ3n) is 3.48. The lowest BCUT2D eigenvalue weighted by Gasteiger charge is -2.15. The van der Waals surface area contributed by atoms with E-state index in [9.17, 15) is 9.59 Å². The number of amides is 1. The van der Waals surface area contributed by atoms with Crippen LogP contribution in [0.5, 0.6) is 0 Å². The number of esters is 1. The molecule has 1 aromatic rings. The van der Waals surface area contributed by atoms with E-state index in [0.29, 0.717) is 11.5 Å². The van der Waals surface area contributed by atoms with Crippen LogP contribution in [-0.4, -0.2) is 25.0 Å². The average Bonchev–Trinajstić information content (AvgIpc) is 2.52. The average molecular weight is 316 g/mol. The van der Waals surface area contributed by atoms with Crippen LogP contribution in [-0.2, 0) is 9.53 Å². The molecule has 0 aliphatic heterocycles. The van der Waals surface area contributed by atoms with Gasteiger partial charge in [0.1, 0.15) is 0 Å². The van der Waals surface area contributed by atoms with Crippen molar-refractivity contribution in [2.24, 2.45) is 0 Å². The van der Waals surface area contributed by atoms with Crippen LogP contribution in [0.25, 0.3) is 0 Å². The van der Waals surface area contributed by atoms with Crippen molar-refractivity contribution in [3.63, 3.8) is 0 Å². The first-order valence-electron chi connectivity index (χ1n) is 7.81. The Labute approximate surface area is 137 Å². The third kappa shape index (κ3) is 5.74. The molecule has 0 saturated carbocycles. The molecule has 1 N–H and O–H groups in total. The molecule has 0 radical (unpaired) electrons. The van der Waals surface area contributed by atoms with E-state index in [0.717, 1.165) is 5.56 Å². The number of benzene rings is 1. The van der Waals surface area contributed by atoms with Crippen LogP contribution in [0.1, 0.15) is 67.4 Å². The predicted octanol–water partition coefficient (Wildman–Crippen LogP) is 3.12. The lowest BCUT2D eigenvalue weighted by Crippen LogP contribution is -2.29. The molecule has 0 unspecified atom stereocenters. The van der Waals surface area contributed by atoms with Crippen LogP contribution in [0.4, 0.5) is 0 Å². The van der Waals surface area contributed by atoms with Gasteiger partial charge in [-0.1, -0.05) is 39.8 Å². The highest BCUT2D eigenvalue weighted by Gasteiger charge is 2.17. The second-order valence-corrected chi connectivity index (χ2v) is 5.99. The molecule has 1 rings (SSSR count). The topological polar surface area (TPSA) is 79.2 Å². The van der Waals surface area contributed by atoms with Crippen LogP contribution >= 0.6 is 0 Å². The standard InChI is InChI=1S/C18H24N2O3/c1-12(2)14-6-7-15(16(10-14)13(3)4)18(22)23-11-17(21)20-9-5-8-19/h6-7,10,12-13H,5,9,11H2,1-4H3,(H,20,21). The van der Waals surface area contributed by atoms with Crippen molar-refractivity contribution in [1.29, 1.82) is 5.26 Å². The zero-order chi connectivity index (χ0) is 17.4. The zero-order valence-electron chi connectivity index (χ0n) is 14.2. The number of nitriles is 1. The van der Waals surface area contributed by atoms with Gasteiger partial charge in [0.25, 0.3) is 5.91 Å². The SMILES string of the molecule is CC(C)c1ccc(C(=O)OCC(=O)NCCC#N)c(C(C)C)c1. The van der Waals surface area contributed by atoms with Crippen molar-refractivity contribution in [2.75, 3.05) is 13.2 Å². The molecule has 0 saturated heterocycles. The minimum atomic E-state index is -0.501. The molecule has 0 aliphatic carbocycles. The minimum absolute atomic E-state index is 0.181. The van der Waals surface area contributed by atoms with E-state index in [2.05, 4.69) is 19.2 Å². The number of nitrogens with zero attached hydrogens (tertiary/aromatic N) is 1. The molecule has 5 heteroatoms. The fourth-order valence-electron chi connectivity index (χ4n) is 2.12. The maximum atomic E-state index is 12.2. The maximum absolute atomic E-state index is 12.2. The van der Waals surface area contributed by atoms with Gasteiger partial charge in [0.15, 0.2) is 6.61 Å². The summed E-state index contributed by atoms with van der Waals surface area (Å²) in [5.41, 5.74) is 2.58. The number of carbonyl (C=O) groups excluding carboxylic acids is 2. The van der Waals surface area contributed by atoms with Gasteiger partial charge in [-0.2, -0.15) is 5.26 Å². The first kappa shape index (κ1) is 18.7. The molecule has 124 valence electrons. The van der Waals surface area contributed by atoms with Gasteiger partial charge in [-0.3, -0.25) is 4.79 Å². The van der Waals surface area contributed by atoms with Gasteiger partial charge < -0.3 is 10.1 Å². The molecule has 0 aromatic heterocycles. The van der Waals surface area contributed by atoms with Gasteiger partial charge in [0, 0.05) is 6.54 Å². The summed E-state index contributed by atoms with van der Waals surface area (Å²) in [6.45, 7) is 8.16. The van der Waals surface area contributed by atoms with Crippen molar-refractivity contribution < 1.29 is 14.3 Å². The second kappa shape index (κ2) is 8.94. The van der Waals surface area contributed by atoms with E-state index >= 15 is 0 Å². The van der Waals surface area contributed by atoms with Crippen LogP contribution in [0.3, 0.4) is 0 Å². The summed E-state index contributed by atoms with van der Waals surface area (Å²) in [7, 11) is 0. The smallest absolute Gasteiger partial charge is 0.338 e. The normalized spacial score (nSPS) is 10.5. The summed E-state index contributed by atoms with van der Waals surface area (Å²) in [5, 5.41) is 10.9. The fraction of sp³-hybridized carbons (Fsp3) is 0.500. The van der Waals surface area contributed by atoms with E-state index < -0.39 is 11.9 Å². The van der Waals surface area contributed by atoms with Gasteiger partial charge in [0.05, 0.1) is 18.1 Å². The fourth-order valence-corrected chi connectivity index (χ4v) is 2.12. The molecule has 0 fully saturated rings. The Morgan fingerprint density at radius 2 is 1.91 bits per heavy atom. The summed E-state index contributed by atoms with van der Waals surface area (Å²) in [6.07, 6.45) is 0.230. The van der Waals surface area contributed by atoms with E-state index in [-0.39, 0.29) is 25.5 Å². The van der Waals surface area contributed by atoms with Gasteiger partial charge in [-0.25, -0.2) is 4.79 Å². The van der Waals surface area contributed by atoms with Crippen molar-refractivity contribution >= 4 is 11.9 Å². The van der Waals surface area contributed by atoms with Gasteiger partial charge >= 0.3 is 5.97 Å². The van der Waals surface area contributed by atoms with E-state index in [1.54, 1.807) is 6.07 Å². The number of hydrogen-bond acceptors (Lipinski definition) is 4. The van der Waals surface area contributed by atoms with Crippen LogP contribution < -0.4 is 5.32 Å². The summed E-state index contributed by atoms with van der Waals surface area (Å²) < 4.78 is 5.08. The quantitative estimate of drug-likeness (QED) is 0.619. The zero-order valence-corrected chi connectivity index (χ0v) is 14.2. The number of ether oxygens (including phenoxy) is 1. The second-order valence-electron chi connectivity index (χ2n) is 5.99. The number of hydrogen-bond donors (Lipinski definition) is 1. The molecule has 1 aromatic carbocycles. The Morgan fingerprint density at radius 1 is 1.22 bits per heavy atom. The Morgan fingerprint density at radius 3 is 2.48 bits per heavy atom. The molecule has 0 spiro atoms. The number of nitrogens with one attached hydrogen (secondary N) is 1. The molecule has 0 aliphatic rings. The largest absolute Gasteiger partial charge is 0.452 e. The Hall–Kier alpha value is -2.35. The van der Waals surface area contributed by atoms with Crippen molar-refractivity contribution in [3.05, 3.63) is 34.9 Å². The van der Waals surface area contributed by atoms with Crippen molar-refractivity contribution in [2.45, 2.75) is 46.0 Å². The van der Waals surface area contributed by atoms with E-state index in [4.69, 9.17) is 10.00 Å². The molecule has 1 amide bonds. The summed E-state index contributed by atoms with van der Waals surface area (Å²) in [4.78, 5) is 23.7. The number of carbonyl (C=O) groups is 2. The molecule has 0 bridgehead atoms. The van der Waals surface area contributed by atoms with Crippen LogP contribution in [0.2, 0.25) is 0 Å². The summed E-state index contributed by atoms with van der Waals surface area (Å²) in [6, 6.07) is 7.63. The Kier molecular flexibility index (Phi) is 7.27. The van der Waals surface area contributed by atoms with E-state index in [1.807, 2.05) is 32.0 Å². The third-order valence-corrected chi connectivity index (χ3v) is 3.48. The molecule has 23 heavy (non-hydrogen) atoms. The highest BCUT2D eigenvalue weighted by Crippen LogP contribution is 2.25. The summed E-state index contributed by atoms with van der Waals surface area (Å²) >= 11 is 0. The van der Waals surface area contributed by atoms with Gasteiger partial charge in [-0.15, -0.1) is 0 Å². The minimum Gasteiger partial charge on any atom is -0.452 e. The first-order valence-corrected chi connectivity index (χ1v) is 7.81. The highest BCUT2D eigenvalue weighted by molar-refractivity contribution is 5.93. The summed E-state index contributed by atoms with van der Waals surface area (Å²) in [5.74, 6) is -0.345. The van der Waals surface area contributed by atoms with Gasteiger partial charge in [-0.05, 0) is 29.0 Å². The lowest BCUT2D eigenvalue weighted by molar-refractivity contribution is -0.124. The molecule has 0 heterocycles. The molecule has 5 nitrogen and oxygen atoms in total. The van der Waals surface area contributed by atoms with Crippen LogP contribution in [0, 0.1) is 11.3 Å². The van der Waals surface area contributed by atoms with Crippen LogP contribution in [0.15, 0.2) is 18.2 Å². The Balaban J connectivity index is 2.76. The van der Waals surface area contributed by atoms with E-state index in [1.165, 1.54) is 5.56 Å². The first-order chi connectivity index (χ1) is 10.9. The van der Waals surface area contributed by atoms with Gasteiger partial charge in [0.2, 0.25) is 0 Å². The van der Waals surface area contributed by atoms with Crippen molar-refractivity contribution in [3.8, 4) is 6.07 Å². The highest BCUT2D eigenvalue weighted by atomic mass is 16.5. The molecular weight excluding hydrogens is 292 g/mol. The lowest BCUT2D eigenvalue weighted by atomic mass is 9.91. The molecular formula is C18H24N2O3. The predicted molar refractivity (Wildman–Crippen MR) is 88.1 cm³/mol. The number of rotatable bonds is 7. The Bertz CT molecular complexity index is 601.